The topological polar surface area (TPSA) is 72.3 Å². The van der Waals surface area contributed by atoms with Gasteiger partial charge in [-0.3, -0.25) is 4.79 Å². The fourth-order valence-electron chi connectivity index (χ4n) is 3.94. The zero-order valence-corrected chi connectivity index (χ0v) is 18.4. The van der Waals surface area contributed by atoms with Gasteiger partial charge in [0.05, 0.1) is 30.3 Å². The number of benzene rings is 1. The first-order valence-electron chi connectivity index (χ1n) is 10.1. The van der Waals surface area contributed by atoms with Gasteiger partial charge in [-0.2, -0.15) is 5.10 Å². The molecular formula is C22H26ClN5O2. The third kappa shape index (κ3) is 3.81. The fraction of sp³-hybridized carbons (Fsp3) is 0.409. The molecule has 0 bridgehead atoms. The molecule has 0 aliphatic carbocycles. The lowest BCUT2D eigenvalue weighted by molar-refractivity contribution is 0.0939. The monoisotopic (exact) mass is 427 g/mol. The molecule has 1 amide bonds. The van der Waals surface area contributed by atoms with E-state index in [1.165, 1.54) is 0 Å². The molecule has 1 N–H and O–H groups in total. The van der Waals surface area contributed by atoms with Gasteiger partial charge in [0.1, 0.15) is 5.75 Å². The van der Waals surface area contributed by atoms with Gasteiger partial charge in [0.2, 0.25) is 0 Å². The van der Waals surface area contributed by atoms with Crippen LogP contribution in [0.5, 0.6) is 5.75 Å². The van der Waals surface area contributed by atoms with Crippen molar-refractivity contribution in [1.82, 2.24) is 20.1 Å². The molecule has 158 valence electrons. The first kappa shape index (κ1) is 20.5. The molecule has 1 unspecified atom stereocenters. The predicted octanol–water partition coefficient (Wildman–Crippen LogP) is 3.99. The Balaban J connectivity index is 1.50. The molecule has 0 saturated carbocycles. The number of nitrogens with zero attached hydrogens (tertiary/aromatic N) is 4. The third-order valence-electron chi connectivity index (χ3n) is 5.50. The maximum absolute atomic E-state index is 13.0. The van der Waals surface area contributed by atoms with E-state index in [0.29, 0.717) is 22.8 Å². The van der Waals surface area contributed by atoms with Crippen molar-refractivity contribution in [2.24, 2.45) is 0 Å². The van der Waals surface area contributed by atoms with Crippen molar-refractivity contribution in [1.29, 1.82) is 0 Å². The Morgan fingerprint density at radius 1 is 1.33 bits per heavy atom. The minimum absolute atomic E-state index is 0.0367. The molecule has 0 spiro atoms. The summed E-state index contributed by atoms with van der Waals surface area (Å²) in [5.41, 5.74) is 3.04. The van der Waals surface area contributed by atoms with E-state index in [-0.39, 0.29) is 18.0 Å². The van der Waals surface area contributed by atoms with E-state index in [1.807, 2.05) is 35.9 Å². The van der Waals surface area contributed by atoms with E-state index in [0.717, 1.165) is 35.4 Å². The number of ether oxygens (including phenoxy) is 1. The smallest absolute Gasteiger partial charge is 0.253 e. The van der Waals surface area contributed by atoms with E-state index in [4.69, 9.17) is 16.3 Å². The maximum atomic E-state index is 13.0. The van der Waals surface area contributed by atoms with Crippen LogP contribution in [0.15, 0.2) is 30.5 Å². The highest BCUT2D eigenvalue weighted by molar-refractivity contribution is 6.31. The van der Waals surface area contributed by atoms with Crippen LogP contribution in [0, 0.1) is 6.92 Å². The van der Waals surface area contributed by atoms with Gasteiger partial charge in [0.25, 0.3) is 5.91 Å². The standard InChI is InChI=1S/C22H26ClN5O2/c1-13(2)28-21-15(11-24-28)9-18(14(3)25-21)22(29)26-17-7-8-27(12-17)19-10-16(23)5-6-20(19)30-4/h5-6,9-11,13,17H,7-8,12H2,1-4H3,(H,26,29). The second-order valence-corrected chi connectivity index (χ2v) is 8.37. The van der Waals surface area contributed by atoms with Crippen molar-refractivity contribution in [3.05, 3.63) is 46.7 Å². The number of halogens is 1. The molecule has 8 heteroatoms. The fourth-order valence-corrected chi connectivity index (χ4v) is 4.11. The quantitative estimate of drug-likeness (QED) is 0.666. The van der Waals surface area contributed by atoms with Gasteiger partial charge in [-0.05, 0) is 51.5 Å². The van der Waals surface area contributed by atoms with Crippen LogP contribution in [0.4, 0.5) is 5.69 Å². The molecule has 1 aliphatic heterocycles. The number of carbonyl (C=O) groups excluding carboxylic acids is 1. The van der Waals surface area contributed by atoms with Gasteiger partial charge in [-0.15, -0.1) is 0 Å². The Labute approximate surface area is 181 Å². The molecule has 1 atom stereocenters. The van der Waals surface area contributed by atoms with Gasteiger partial charge < -0.3 is 15.0 Å². The molecule has 1 aliphatic rings. The number of nitrogens with one attached hydrogen (secondary N) is 1. The summed E-state index contributed by atoms with van der Waals surface area (Å²) in [6.45, 7) is 7.50. The number of anilines is 1. The number of pyridine rings is 1. The van der Waals surface area contributed by atoms with Crippen molar-refractivity contribution in [2.75, 3.05) is 25.1 Å². The van der Waals surface area contributed by atoms with Crippen molar-refractivity contribution in [3.8, 4) is 5.75 Å². The minimum atomic E-state index is -0.107. The second kappa shape index (κ2) is 8.14. The molecule has 2 aromatic heterocycles. The Bertz CT molecular complexity index is 1090. The summed E-state index contributed by atoms with van der Waals surface area (Å²) in [6.07, 6.45) is 2.61. The zero-order valence-electron chi connectivity index (χ0n) is 17.6. The van der Waals surface area contributed by atoms with Crippen LogP contribution < -0.4 is 15.0 Å². The number of fused-ring (bicyclic) bond motifs is 1. The molecule has 3 aromatic rings. The molecule has 1 aromatic carbocycles. The highest BCUT2D eigenvalue weighted by Crippen LogP contribution is 2.33. The van der Waals surface area contributed by atoms with Gasteiger partial charge >= 0.3 is 0 Å². The van der Waals surface area contributed by atoms with E-state index in [1.54, 1.807) is 13.3 Å². The van der Waals surface area contributed by atoms with E-state index >= 15 is 0 Å². The highest BCUT2D eigenvalue weighted by Gasteiger charge is 2.27. The van der Waals surface area contributed by atoms with E-state index < -0.39 is 0 Å². The van der Waals surface area contributed by atoms with Crippen molar-refractivity contribution >= 4 is 34.2 Å². The number of rotatable bonds is 5. The average Bonchev–Trinajstić information content (AvgIpc) is 3.33. The Hall–Kier alpha value is -2.80. The molecule has 30 heavy (non-hydrogen) atoms. The molecule has 1 saturated heterocycles. The first-order valence-corrected chi connectivity index (χ1v) is 10.5. The van der Waals surface area contributed by atoms with Crippen LogP contribution in [0.1, 0.15) is 42.4 Å². The zero-order chi connectivity index (χ0) is 21.4. The number of hydrogen-bond donors (Lipinski definition) is 1. The second-order valence-electron chi connectivity index (χ2n) is 7.94. The van der Waals surface area contributed by atoms with Crippen LogP contribution in [0.25, 0.3) is 11.0 Å². The van der Waals surface area contributed by atoms with Gasteiger partial charge in [0, 0.05) is 35.6 Å². The Morgan fingerprint density at radius 2 is 2.13 bits per heavy atom. The SMILES string of the molecule is COc1ccc(Cl)cc1N1CCC(NC(=O)c2cc3cnn(C(C)C)c3nc2C)C1. The lowest BCUT2D eigenvalue weighted by Crippen LogP contribution is -2.37. The molecular weight excluding hydrogens is 402 g/mol. The lowest BCUT2D eigenvalue weighted by Gasteiger charge is -2.22. The molecule has 0 radical (unpaired) electrons. The van der Waals surface area contributed by atoms with Crippen LogP contribution >= 0.6 is 11.6 Å². The predicted molar refractivity (Wildman–Crippen MR) is 119 cm³/mol. The number of methoxy groups -OCH3 is 1. The number of aryl methyl sites for hydroxylation is 1. The Kier molecular flexibility index (Phi) is 5.56. The highest BCUT2D eigenvalue weighted by atomic mass is 35.5. The number of hydrogen-bond acceptors (Lipinski definition) is 5. The van der Waals surface area contributed by atoms with E-state index in [2.05, 4.69) is 34.1 Å². The molecule has 7 nitrogen and oxygen atoms in total. The lowest BCUT2D eigenvalue weighted by atomic mass is 10.1. The summed E-state index contributed by atoms with van der Waals surface area (Å²) in [4.78, 5) is 19.8. The molecule has 3 heterocycles. The van der Waals surface area contributed by atoms with E-state index in [9.17, 15) is 4.79 Å². The minimum Gasteiger partial charge on any atom is -0.495 e. The largest absolute Gasteiger partial charge is 0.495 e. The van der Waals surface area contributed by atoms with Gasteiger partial charge in [0.15, 0.2) is 5.65 Å². The van der Waals surface area contributed by atoms with Crippen LogP contribution in [-0.2, 0) is 0 Å². The first-order chi connectivity index (χ1) is 14.4. The third-order valence-corrected chi connectivity index (χ3v) is 5.73. The number of aromatic nitrogens is 3. The number of amides is 1. The summed E-state index contributed by atoms with van der Waals surface area (Å²) >= 11 is 6.17. The summed E-state index contributed by atoms with van der Waals surface area (Å²) in [5.74, 6) is 0.670. The summed E-state index contributed by atoms with van der Waals surface area (Å²) < 4.78 is 7.34. The molecule has 4 rings (SSSR count). The normalized spacial score (nSPS) is 16.5. The van der Waals surface area contributed by atoms with Crippen molar-refractivity contribution in [2.45, 2.75) is 39.3 Å². The summed E-state index contributed by atoms with van der Waals surface area (Å²) in [7, 11) is 1.65. The van der Waals surface area contributed by atoms with Crippen molar-refractivity contribution in [3.63, 3.8) is 0 Å². The average molecular weight is 428 g/mol. The number of carbonyl (C=O) groups is 1. The Morgan fingerprint density at radius 3 is 2.87 bits per heavy atom. The van der Waals surface area contributed by atoms with Crippen LogP contribution in [-0.4, -0.2) is 46.9 Å². The maximum Gasteiger partial charge on any atom is 0.253 e. The molecule has 1 fully saturated rings. The van der Waals surface area contributed by atoms with Gasteiger partial charge in [-0.25, -0.2) is 9.67 Å². The van der Waals surface area contributed by atoms with Crippen LogP contribution in [0.3, 0.4) is 0 Å². The van der Waals surface area contributed by atoms with Crippen molar-refractivity contribution < 1.29 is 9.53 Å². The van der Waals surface area contributed by atoms with Crippen LogP contribution in [0.2, 0.25) is 5.02 Å². The summed E-state index contributed by atoms with van der Waals surface area (Å²) in [6, 6.07) is 7.71. The van der Waals surface area contributed by atoms with Gasteiger partial charge in [-0.1, -0.05) is 11.6 Å². The summed E-state index contributed by atoms with van der Waals surface area (Å²) in [5, 5.41) is 9.09.